The van der Waals surface area contributed by atoms with E-state index in [4.69, 9.17) is 0 Å². The minimum atomic E-state index is 0.0121. The van der Waals surface area contributed by atoms with Crippen LogP contribution in [0.25, 0.3) is 65.6 Å². The van der Waals surface area contributed by atoms with E-state index in [2.05, 4.69) is 215 Å². The number of hydrogen-bond acceptors (Lipinski definition) is 3. The summed E-state index contributed by atoms with van der Waals surface area (Å²) in [5, 5.41) is 19.6. The second kappa shape index (κ2) is 14.3. The van der Waals surface area contributed by atoms with E-state index in [1.165, 1.54) is 76.7 Å². The molecule has 0 spiro atoms. The van der Waals surface area contributed by atoms with Gasteiger partial charge in [0.15, 0.2) is 0 Å². The molecule has 0 bridgehead atoms. The van der Waals surface area contributed by atoms with Crippen molar-refractivity contribution >= 4 is 43.4 Å². The Kier molecular flexibility index (Phi) is 8.54. The standard InChI is InChI=1S/C53H44N4/c1-5-16-35(17-6-1)39-28-29-45-48-34-47-41(31-46(36-18-7-2-8-19-36)43-26-13-14-27-44(43)47)33-50(48)57(49(45)32-39)42-25-15-24-40(30-42)53-55-51(37-20-9-3-10-21-37)54-52(56-53)38-22-11-4-12-23-38/h1-24,26-29,31-34,40,42,51-56H,25,30H2. The molecule has 11 rings (SSSR count). The van der Waals surface area contributed by atoms with Crippen LogP contribution in [0, 0.1) is 5.92 Å². The van der Waals surface area contributed by atoms with Gasteiger partial charge in [0.2, 0.25) is 0 Å². The topological polar surface area (TPSA) is 41.0 Å². The van der Waals surface area contributed by atoms with E-state index in [9.17, 15) is 0 Å². The molecule has 2 aliphatic rings. The molecule has 4 heteroatoms. The maximum Gasteiger partial charge on any atom is 0.0862 e. The molecule has 276 valence electrons. The third kappa shape index (κ3) is 6.14. The molecule has 0 amide bonds. The Morgan fingerprint density at radius 2 is 1.04 bits per heavy atom. The quantitative estimate of drug-likeness (QED) is 0.118. The van der Waals surface area contributed by atoms with E-state index in [1.807, 2.05) is 0 Å². The molecule has 1 fully saturated rings. The van der Waals surface area contributed by atoms with Crippen LogP contribution in [0.4, 0.5) is 0 Å². The fourth-order valence-corrected chi connectivity index (χ4v) is 9.66. The Labute approximate surface area is 333 Å². The molecular weight excluding hydrogens is 693 g/mol. The van der Waals surface area contributed by atoms with Gasteiger partial charge in [-0.15, -0.1) is 0 Å². The highest BCUT2D eigenvalue weighted by Crippen LogP contribution is 2.44. The van der Waals surface area contributed by atoms with Crippen molar-refractivity contribution in [2.24, 2.45) is 5.92 Å². The molecule has 1 aliphatic carbocycles. The van der Waals surface area contributed by atoms with Crippen molar-refractivity contribution in [2.75, 3.05) is 0 Å². The predicted molar refractivity (Wildman–Crippen MR) is 238 cm³/mol. The smallest absolute Gasteiger partial charge is 0.0862 e. The molecule has 4 atom stereocenters. The SMILES string of the molecule is C1=CC(C2NC(c3ccccc3)NC(c3ccccc3)N2)CC(n2c3cc(-c4ccccc4)ccc3c3cc4c(cc(-c5ccccc5)c5ccccc54)cc32)C1. The number of allylic oxidation sites excluding steroid dienone is 1. The summed E-state index contributed by atoms with van der Waals surface area (Å²) in [6, 6.07) is 66.9. The first-order valence-electron chi connectivity index (χ1n) is 20.3. The van der Waals surface area contributed by atoms with Gasteiger partial charge >= 0.3 is 0 Å². The van der Waals surface area contributed by atoms with Crippen LogP contribution in [0.3, 0.4) is 0 Å². The van der Waals surface area contributed by atoms with Gasteiger partial charge in [-0.25, -0.2) is 0 Å². The maximum atomic E-state index is 3.99. The number of benzene rings is 8. The molecule has 57 heavy (non-hydrogen) atoms. The Morgan fingerprint density at radius 3 is 1.72 bits per heavy atom. The lowest BCUT2D eigenvalue weighted by molar-refractivity contribution is 0.156. The van der Waals surface area contributed by atoms with Gasteiger partial charge in [-0.05, 0) is 92.0 Å². The largest absolute Gasteiger partial charge is 0.337 e. The zero-order valence-corrected chi connectivity index (χ0v) is 31.7. The molecule has 9 aromatic rings. The van der Waals surface area contributed by atoms with Crippen LogP contribution >= 0.6 is 0 Å². The minimum Gasteiger partial charge on any atom is -0.337 e. The Bertz CT molecular complexity index is 2850. The van der Waals surface area contributed by atoms with Gasteiger partial charge in [-0.2, -0.15) is 0 Å². The molecule has 2 heterocycles. The average molecular weight is 737 g/mol. The monoisotopic (exact) mass is 736 g/mol. The molecular formula is C53H44N4. The predicted octanol–water partition coefficient (Wildman–Crippen LogP) is 12.4. The van der Waals surface area contributed by atoms with Crippen LogP contribution in [-0.4, -0.2) is 10.7 Å². The highest BCUT2D eigenvalue weighted by atomic mass is 15.4. The third-order valence-electron chi connectivity index (χ3n) is 12.4. The van der Waals surface area contributed by atoms with Gasteiger partial charge in [0.25, 0.3) is 0 Å². The van der Waals surface area contributed by atoms with E-state index in [1.54, 1.807) is 0 Å². The van der Waals surface area contributed by atoms with Crippen molar-refractivity contribution in [3.8, 4) is 22.3 Å². The molecule has 1 saturated heterocycles. The molecule has 8 aromatic carbocycles. The van der Waals surface area contributed by atoms with E-state index in [-0.39, 0.29) is 30.5 Å². The van der Waals surface area contributed by atoms with Crippen molar-refractivity contribution in [3.63, 3.8) is 0 Å². The average Bonchev–Trinajstić information content (AvgIpc) is 3.61. The van der Waals surface area contributed by atoms with Gasteiger partial charge in [-0.3, -0.25) is 16.0 Å². The van der Waals surface area contributed by atoms with Gasteiger partial charge in [0.05, 0.1) is 24.0 Å². The zero-order chi connectivity index (χ0) is 37.7. The van der Waals surface area contributed by atoms with Crippen LogP contribution in [0.15, 0.2) is 194 Å². The van der Waals surface area contributed by atoms with Crippen LogP contribution in [0.5, 0.6) is 0 Å². The second-order valence-corrected chi connectivity index (χ2v) is 15.8. The van der Waals surface area contributed by atoms with Crippen molar-refractivity contribution in [1.82, 2.24) is 20.5 Å². The van der Waals surface area contributed by atoms with E-state index in [0.29, 0.717) is 0 Å². The summed E-state index contributed by atoms with van der Waals surface area (Å²) in [5.41, 5.74) is 10.1. The van der Waals surface area contributed by atoms with Crippen LogP contribution < -0.4 is 16.0 Å². The lowest BCUT2D eigenvalue weighted by Gasteiger charge is -2.43. The lowest BCUT2D eigenvalue weighted by Crippen LogP contribution is -2.61. The molecule has 4 nitrogen and oxygen atoms in total. The number of rotatable bonds is 6. The summed E-state index contributed by atoms with van der Waals surface area (Å²) in [6.45, 7) is 0. The first kappa shape index (κ1) is 34.0. The first-order valence-corrected chi connectivity index (χ1v) is 20.3. The lowest BCUT2D eigenvalue weighted by atomic mass is 9.87. The molecule has 1 aromatic heterocycles. The maximum absolute atomic E-state index is 3.99. The number of fused-ring (bicyclic) bond motifs is 6. The summed E-state index contributed by atoms with van der Waals surface area (Å²) in [7, 11) is 0. The highest BCUT2D eigenvalue weighted by molar-refractivity contribution is 6.20. The van der Waals surface area contributed by atoms with Crippen molar-refractivity contribution in [3.05, 3.63) is 205 Å². The molecule has 1 aliphatic heterocycles. The summed E-state index contributed by atoms with van der Waals surface area (Å²) in [6.07, 6.45) is 6.95. The number of hydrogen-bond donors (Lipinski definition) is 3. The summed E-state index contributed by atoms with van der Waals surface area (Å²) < 4.78 is 2.69. The zero-order valence-electron chi connectivity index (χ0n) is 31.7. The fourth-order valence-electron chi connectivity index (χ4n) is 9.66. The van der Waals surface area contributed by atoms with Gasteiger partial charge in [0.1, 0.15) is 0 Å². The Hall–Kier alpha value is -6.30. The molecule has 0 saturated carbocycles. The number of nitrogens with zero attached hydrogens (tertiary/aromatic N) is 1. The van der Waals surface area contributed by atoms with Crippen molar-refractivity contribution < 1.29 is 0 Å². The molecule has 0 radical (unpaired) electrons. The molecule has 3 N–H and O–H groups in total. The highest BCUT2D eigenvalue weighted by Gasteiger charge is 2.35. The van der Waals surface area contributed by atoms with Gasteiger partial charge < -0.3 is 4.57 Å². The van der Waals surface area contributed by atoms with E-state index >= 15 is 0 Å². The van der Waals surface area contributed by atoms with E-state index < -0.39 is 0 Å². The summed E-state index contributed by atoms with van der Waals surface area (Å²) >= 11 is 0. The number of nitrogens with one attached hydrogen (secondary N) is 3. The van der Waals surface area contributed by atoms with Crippen molar-refractivity contribution in [1.29, 1.82) is 0 Å². The van der Waals surface area contributed by atoms with Gasteiger partial charge in [0, 0.05) is 28.2 Å². The Morgan fingerprint density at radius 1 is 0.439 bits per heavy atom. The van der Waals surface area contributed by atoms with Crippen LogP contribution in [-0.2, 0) is 0 Å². The Balaban J connectivity index is 1.06. The van der Waals surface area contributed by atoms with Crippen LogP contribution in [0.2, 0.25) is 0 Å². The molecule has 4 unspecified atom stereocenters. The van der Waals surface area contributed by atoms with E-state index in [0.717, 1.165) is 12.8 Å². The normalized spacial score (nSPS) is 21.1. The fraction of sp³-hybridized carbons (Fsp3) is 0.132. The second-order valence-electron chi connectivity index (χ2n) is 15.8. The first-order chi connectivity index (χ1) is 28.2. The summed E-state index contributed by atoms with van der Waals surface area (Å²) in [5.74, 6) is 0.266. The van der Waals surface area contributed by atoms with Crippen molar-refractivity contribution in [2.45, 2.75) is 37.4 Å². The van der Waals surface area contributed by atoms with Gasteiger partial charge in [-0.1, -0.05) is 170 Å². The minimum absolute atomic E-state index is 0.0121. The number of aromatic nitrogens is 1. The van der Waals surface area contributed by atoms with Crippen LogP contribution in [0.1, 0.15) is 42.3 Å². The third-order valence-corrected chi connectivity index (χ3v) is 12.4. The summed E-state index contributed by atoms with van der Waals surface area (Å²) in [4.78, 5) is 0.